The van der Waals surface area contributed by atoms with Crippen LogP contribution in [0.2, 0.25) is 0 Å². The molecule has 0 radical (unpaired) electrons. The van der Waals surface area contributed by atoms with Gasteiger partial charge in [0, 0.05) is 25.9 Å². The van der Waals surface area contributed by atoms with Gasteiger partial charge in [-0.05, 0) is 24.5 Å². The van der Waals surface area contributed by atoms with E-state index in [2.05, 4.69) is 10.3 Å². The van der Waals surface area contributed by atoms with E-state index in [4.69, 9.17) is 12.2 Å². The topological polar surface area (TPSA) is 42.0 Å². The summed E-state index contributed by atoms with van der Waals surface area (Å²) in [7, 11) is 1.79. The van der Waals surface area contributed by atoms with Gasteiger partial charge in [-0.3, -0.25) is 9.78 Å². The highest BCUT2D eigenvalue weighted by atomic mass is 32.1. The molecule has 18 heavy (non-hydrogen) atoms. The van der Waals surface area contributed by atoms with Crippen molar-refractivity contribution in [1.82, 2.24) is 10.3 Å². The molecular weight excluding hydrogens is 244 g/mol. The van der Waals surface area contributed by atoms with E-state index < -0.39 is 5.41 Å². The van der Waals surface area contributed by atoms with Crippen LogP contribution in [-0.2, 0) is 10.2 Å². The van der Waals surface area contributed by atoms with Gasteiger partial charge in [0.2, 0.25) is 0 Å². The van der Waals surface area contributed by atoms with E-state index in [1.54, 1.807) is 19.4 Å². The second-order valence-electron chi connectivity index (χ2n) is 4.71. The molecule has 1 unspecified atom stereocenters. The van der Waals surface area contributed by atoms with Crippen LogP contribution in [0.3, 0.4) is 0 Å². The minimum absolute atomic E-state index is 0.229. The van der Waals surface area contributed by atoms with Crippen LogP contribution >= 0.6 is 12.2 Å². The number of aromatic nitrogens is 1. The zero-order chi connectivity index (χ0) is 13.0. The Bertz CT molecular complexity index is 446. The number of rotatable bonds is 2. The highest BCUT2D eigenvalue weighted by Gasteiger charge is 2.43. The summed E-state index contributed by atoms with van der Waals surface area (Å²) in [6, 6.07) is 3.83. The maximum atomic E-state index is 12.6. The zero-order valence-electron chi connectivity index (χ0n) is 10.6. The van der Waals surface area contributed by atoms with Crippen molar-refractivity contribution in [1.29, 1.82) is 0 Å². The van der Waals surface area contributed by atoms with E-state index in [1.807, 2.05) is 12.1 Å². The number of hydrogen-bond donors (Lipinski definition) is 1. The Morgan fingerprint density at radius 1 is 1.44 bits per heavy atom. The SMILES string of the molecule is CNC(=S)C1(c2cccnc2)CCCCCC1=O. The van der Waals surface area contributed by atoms with Gasteiger partial charge < -0.3 is 5.32 Å². The monoisotopic (exact) mass is 262 g/mol. The van der Waals surface area contributed by atoms with Crippen LogP contribution < -0.4 is 5.32 Å². The smallest absolute Gasteiger partial charge is 0.150 e. The lowest BCUT2D eigenvalue weighted by molar-refractivity contribution is -0.122. The van der Waals surface area contributed by atoms with Gasteiger partial charge in [0.05, 0.1) is 4.99 Å². The summed E-state index contributed by atoms with van der Waals surface area (Å²) in [6.07, 6.45) is 7.98. The molecule has 0 spiro atoms. The normalized spacial score (nSPS) is 24.4. The number of likely N-dealkylation sites (N-methyl/N-ethyl adjacent to an activating group) is 1. The summed E-state index contributed by atoms with van der Waals surface area (Å²) >= 11 is 5.45. The fraction of sp³-hybridized carbons (Fsp3) is 0.500. The van der Waals surface area contributed by atoms with Gasteiger partial charge in [-0.25, -0.2) is 0 Å². The van der Waals surface area contributed by atoms with Crippen molar-refractivity contribution in [2.24, 2.45) is 0 Å². The lowest BCUT2D eigenvalue weighted by atomic mass is 9.73. The lowest BCUT2D eigenvalue weighted by Crippen LogP contribution is -2.47. The summed E-state index contributed by atoms with van der Waals surface area (Å²) in [4.78, 5) is 17.4. The molecule has 1 aliphatic carbocycles. The minimum Gasteiger partial charge on any atom is -0.382 e. The number of carbonyl (C=O) groups is 1. The molecule has 0 amide bonds. The first-order valence-corrected chi connectivity index (χ1v) is 6.78. The van der Waals surface area contributed by atoms with E-state index >= 15 is 0 Å². The molecule has 0 saturated heterocycles. The Hall–Kier alpha value is -1.29. The number of Topliss-reactive ketones (excluding diaryl/α,β-unsaturated/α-hetero) is 1. The van der Waals surface area contributed by atoms with Crippen molar-refractivity contribution in [3.63, 3.8) is 0 Å². The molecule has 1 aliphatic rings. The molecular formula is C14H18N2OS. The molecule has 1 heterocycles. The van der Waals surface area contributed by atoms with Crippen molar-refractivity contribution in [3.05, 3.63) is 30.1 Å². The quantitative estimate of drug-likeness (QED) is 0.656. The van der Waals surface area contributed by atoms with Crippen LogP contribution in [0, 0.1) is 0 Å². The third-order valence-corrected chi connectivity index (χ3v) is 4.25. The van der Waals surface area contributed by atoms with Crippen molar-refractivity contribution >= 4 is 23.0 Å². The molecule has 1 aromatic rings. The summed E-state index contributed by atoms with van der Waals surface area (Å²) in [5.74, 6) is 0.229. The molecule has 3 nitrogen and oxygen atoms in total. The Kier molecular flexibility index (Phi) is 4.07. The van der Waals surface area contributed by atoms with E-state index in [0.717, 1.165) is 31.2 Å². The first-order valence-electron chi connectivity index (χ1n) is 6.38. The Morgan fingerprint density at radius 2 is 2.28 bits per heavy atom. The number of hydrogen-bond acceptors (Lipinski definition) is 3. The molecule has 0 aliphatic heterocycles. The molecule has 0 bridgehead atoms. The first kappa shape index (κ1) is 13.1. The van der Waals surface area contributed by atoms with E-state index in [0.29, 0.717) is 11.4 Å². The molecule has 1 N–H and O–H groups in total. The van der Waals surface area contributed by atoms with Crippen LogP contribution in [0.4, 0.5) is 0 Å². The van der Waals surface area contributed by atoms with Crippen LogP contribution in [0.5, 0.6) is 0 Å². The van der Waals surface area contributed by atoms with Gasteiger partial charge in [-0.15, -0.1) is 0 Å². The van der Waals surface area contributed by atoms with Crippen molar-refractivity contribution in [2.45, 2.75) is 37.5 Å². The van der Waals surface area contributed by atoms with Gasteiger partial charge in [-0.1, -0.05) is 31.1 Å². The number of nitrogens with zero attached hydrogens (tertiary/aromatic N) is 1. The third kappa shape index (κ3) is 2.17. The van der Waals surface area contributed by atoms with E-state index in [9.17, 15) is 4.79 Å². The average Bonchev–Trinajstić information content (AvgIpc) is 2.61. The van der Waals surface area contributed by atoms with Gasteiger partial charge >= 0.3 is 0 Å². The van der Waals surface area contributed by atoms with Crippen molar-refractivity contribution in [2.75, 3.05) is 7.05 Å². The second kappa shape index (κ2) is 5.57. The van der Waals surface area contributed by atoms with Gasteiger partial charge in [0.25, 0.3) is 0 Å². The van der Waals surface area contributed by atoms with Crippen LogP contribution in [-0.4, -0.2) is 22.8 Å². The number of thiocarbonyl (C=S) groups is 1. The standard InChI is InChI=1S/C14H18N2OS/c1-15-13(18)14(11-6-5-9-16-10-11)8-4-2-3-7-12(14)17/h5-6,9-10H,2-4,7-8H2,1H3,(H,15,18). The number of carbonyl (C=O) groups excluding carboxylic acids is 1. The van der Waals surface area contributed by atoms with Crippen LogP contribution in [0.15, 0.2) is 24.5 Å². The van der Waals surface area contributed by atoms with Crippen LogP contribution in [0.25, 0.3) is 0 Å². The zero-order valence-corrected chi connectivity index (χ0v) is 11.4. The van der Waals surface area contributed by atoms with Gasteiger partial charge in [0.1, 0.15) is 11.2 Å². The highest BCUT2D eigenvalue weighted by molar-refractivity contribution is 7.80. The Balaban J connectivity index is 2.52. The van der Waals surface area contributed by atoms with Crippen LogP contribution in [0.1, 0.15) is 37.7 Å². The van der Waals surface area contributed by atoms with E-state index in [1.165, 1.54) is 0 Å². The maximum Gasteiger partial charge on any atom is 0.150 e. The largest absolute Gasteiger partial charge is 0.382 e. The molecule has 1 aromatic heterocycles. The molecule has 1 saturated carbocycles. The predicted octanol–water partition coefficient (Wildman–Crippen LogP) is 2.40. The minimum atomic E-state index is -0.658. The van der Waals surface area contributed by atoms with E-state index in [-0.39, 0.29) is 5.78 Å². The lowest BCUT2D eigenvalue weighted by Gasteiger charge is -2.32. The Morgan fingerprint density at radius 3 is 2.94 bits per heavy atom. The fourth-order valence-corrected chi connectivity index (χ4v) is 3.04. The van der Waals surface area contributed by atoms with Crippen molar-refractivity contribution in [3.8, 4) is 0 Å². The molecule has 2 rings (SSSR count). The molecule has 1 fully saturated rings. The third-order valence-electron chi connectivity index (χ3n) is 3.70. The summed E-state index contributed by atoms with van der Waals surface area (Å²) in [5.41, 5.74) is 0.269. The predicted molar refractivity (Wildman–Crippen MR) is 75.7 cm³/mol. The summed E-state index contributed by atoms with van der Waals surface area (Å²) in [5, 5.41) is 3.02. The van der Waals surface area contributed by atoms with Gasteiger partial charge in [-0.2, -0.15) is 0 Å². The maximum absolute atomic E-state index is 12.6. The van der Waals surface area contributed by atoms with Gasteiger partial charge in [0.15, 0.2) is 0 Å². The summed E-state index contributed by atoms with van der Waals surface area (Å²) < 4.78 is 0. The second-order valence-corrected chi connectivity index (χ2v) is 5.12. The molecule has 1 atom stereocenters. The molecule has 4 heteroatoms. The first-order chi connectivity index (χ1) is 8.71. The fourth-order valence-electron chi connectivity index (χ4n) is 2.71. The molecule has 96 valence electrons. The number of nitrogens with one attached hydrogen (secondary N) is 1. The Labute approximate surface area is 113 Å². The number of pyridine rings is 1. The number of ketones is 1. The average molecular weight is 262 g/mol. The molecule has 0 aromatic carbocycles. The van der Waals surface area contributed by atoms with Crippen molar-refractivity contribution < 1.29 is 4.79 Å². The highest BCUT2D eigenvalue weighted by Crippen LogP contribution is 2.36. The summed E-state index contributed by atoms with van der Waals surface area (Å²) in [6.45, 7) is 0.